The molecule has 0 saturated carbocycles. The van der Waals surface area contributed by atoms with Crippen molar-refractivity contribution < 1.29 is 0 Å². The van der Waals surface area contributed by atoms with Crippen LogP contribution < -0.4 is 0 Å². The van der Waals surface area contributed by atoms with Gasteiger partial charge in [-0.1, -0.05) is 42.5 Å². The average molecular weight is 192 g/mol. The third-order valence-corrected chi connectivity index (χ3v) is 2.55. The van der Waals surface area contributed by atoms with Gasteiger partial charge in [0.15, 0.2) is 0 Å². The van der Waals surface area contributed by atoms with Gasteiger partial charge in [-0.05, 0) is 17.2 Å². The summed E-state index contributed by atoms with van der Waals surface area (Å²) in [4.78, 5) is 3.17. The number of hydrogen-bond acceptors (Lipinski definition) is 0. The predicted octanol–water partition coefficient (Wildman–Crippen LogP) is 3.64. The lowest BCUT2D eigenvalue weighted by atomic mass is 10.0. The Morgan fingerprint density at radius 3 is 2.60 bits per heavy atom. The lowest BCUT2D eigenvalue weighted by Gasteiger charge is -2.00. The number of aromatic amines is 1. The molecule has 2 aromatic carbocycles. The topological polar surface area (TPSA) is 15.8 Å². The largest absolute Gasteiger partial charge is 0.361 e. The molecule has 1 N–H and O–H groups in total. The van der Waals surface area contributed by atoms with E-state index in [0.717, 1.165) is 11.1 Å². The number of fused-ring (bicyclic) bond motifs is 1. The van der Waals surface area contributed by atoms with E-state index in [4.69, 9.17) is 0 Å². The number of nitrogens with one attached hydrogen (secondary N) is 1. The molecule has 0 unspecified atom stereocenters. The molecular formula is C14H10N. The average Bonchev–Trinajstić information content (AvgIpc) is 2.77. The van der Waals surface area contributed by atoms with Crippen LogP contribution >= 0.6 is 0 Å². The SMILES string of the molecule is [c]1c(-c2ccccc2)ccc2cc[nH]c12. The van der Waals surface area contributed by atoms with Crippen LogP contribution in [0.15, 0.2) is 54.7 Å². The van der Waals surface area contributed by atoms with Gasteiger partial charge in [0.25, 0.3) is 0 Å². The fourth-order valence-electron chi connectivity index (χ4n) is 1.76. The summed E-state index contributed by atoms with van der Waals surface area (Å²) in [5, 5.41) is 1.20. The minimum atomic E-state index is 1.07. The monoisotopic (exact) mass is 192 g/mol. The Hall–Kier alpha value is -2.02. The molecule has 1 heteroatoms. The summed E-state index contributed by atoms with van der Waals surface area (Å²) in [5.74, 6) is 0. The Labute approximate surface area is 88.4 Å². The van der Waals surface area contributed by atoms with Crippen molar-refractivity contribution in [3.63, 3.8) is 0 Å². The number of benzene rings is 2. The maximum absolute atomic E-state index is 3.37. The first-order chi connectivity index (χ1) is 7.43. The van der Waals surface area contributed by atoms with Crippen molar-refractivity contribution in [1.29, 1.82) is 0 Å². The quantitative estimate of drug-likeness (QED) is 0.606. The highest BCUT2D eigenvalue weighted by Gasteiger charge is 1.99. The zero-order valence-corrected chi connectivity index (χ0v) is 8.20. The Morgan fingerprint density at radius 2 is 1.73 bits per heavy atom. The van der Waals surface area contributed by atoms with Crippen molar-refractivity contribution in [2.24, 2.45) is 0 Å². The van der Waals surface area contributed by atoms with Gasteiger partial charge >= 0.3 is 0 Å². The highest BCUT2D eigenvalue weighted by Crippen LogP contribution is 2.22. The third-order valence-electron chi connectivity index (χ3n) is 2.55. The lowest BCUT2D eigenvalue weighted by Crippen LogP contribution is -1.77. The van der Waals surface area contributed by atoms with Crippen LogP contribution in [0.1, 0.15) is 0 Å². The van der Waals surface area contributed by atoms with E-state index < -0.39 is 0 Å². The Morgan fingerprint density at radius 1 is 0.867 bits per heavy atom. The molecule has 0 saturated heterocycles. The van der Waals surface area contributed by atoms with Crippen molar-refractivity contribution in [3.05, 3.63) is 60.8 Å². The van der Waals surface area contributed by atoms with Gasteiger partial charge in [-0.3, -0.25) is 0 Å². The molecule has 0 aliphatic rings. The van der Waals surface area contributed by atoms with Gasteiger partial charge in [-0.25, -0.2) is 0 Å². The second-order valence-corrected chi connectivity index (χ2v) is 3.55. The summed E-state index contributed by atoms with van der Waals surface area (Å²) in [6.07, 6.45) is 1.94. The molecule has 0 atom stereocenters. The second kappa shape index (κ2) is 3.28. The zero-order chi connectivity index (χ0) is 10.1. The predicted molar refractivity (Wildman–Crippen MR) is 62.6 cm³/mol. The fraction of sp³-hybridized carbons (Fsp3) is 0. The Kier molecular flexibility index (Phi) is 1.82. The molecule has 0 fully saturated rings. The molecule has 15 heavy (non-hydrogen) atoms. The van der Waals surface area contributed by atoms with E-state index in [1.807, 2.05) is 24.4 Å². The molecule has 3 aromatic rings. The standard InChI is InChI=1S/C14H10N/c1-2-4-11(5-3-1)13-7-6-12-8-9-15-14(12)10-13/h1-9,15H. The van der Waals surface area contributed by atoms with Gasteiger partial charge < -0.3 is 4.98 Å². The molecule has 71 valence electrons. The van der Waals surface area contributed by atoms with Gasteiger partial charge in [0, 0.05) is 17.6 Å². The highest BCUT2D eigenvalue weighted by molar-refractivity contribution is 5.83. The zero-order valence-electron chi connectivity index (χ0n) is 8.20. The summed E-state index contributed by atoms with van der Waals surface area (Å²) >= 11 is 0. The Bertz CT molecular complexity index is 578. The van der Waals surface area contributed by atoms with E-state index in [0.29, 0.717) is 0 Å². The molecule has 0 bridgehead atoms. The summed E-state index contributed by atoms with van der Waals surface area (Å²) in [5.41, 5.74) is 3.40. The molecule has 1 nitrogen and oxygen atoms in total. The Balaban J connectivity index is 2.19. The van der Waals surface area contributed by atoms with Crippen LogP contribution in [0.3, 0.4) is 0 Å². The number of aromatic nitrogens is 1. The smallest absolute Gasteiger partial charge is 0.0540 e. The summed E-state index contributed by atoms with van der Waals surface area (Å²) in [7, 11) is 0. The van der Waals surface area contributed by atoms with Crippen LogP contribution in [-0.2, 0) is 0 Å². The molecule has 0 aliphatic carbocycles. The number of hydrogen-bond donors (Lipinski definition) is 1. The van der Waals surface area contributed by atoms with Crippen molar-refractivity contribution in [1.82, 2.24) is 4.98 Å². The highest BCUT2D eigenvalue weighted by atomic mass is 14.7. The van der Waals surface area contributed by atoms with Gasteiger partial charge in [-0.15, -0.1) is 0 Å². The van der Waals surface area contributed by atoms with Crippen LogP contribution in [-0.4, -0.2) is 4.98 Å². The van der Waals surface area contributed by atoms with Gasteiger partial charge in [0.2, 0.25) is 0 Å². The van der Waals surface area contributed by atoms with Gasteiger partial charge in [0.1, 0.15) is 0 Å². The van der Waals surface area contributed by atoms with Crippen molar-refractivity contribution >= 4 is 10.9 Å². The van der Waals surface area contributed by atoms with E-state index in [1.165, 1.54) is 10.9 Å². The normalized spacial score (nSPS) is 10.7. The summed E-state index contributed by atoms with van der Waals surface area (Å²) < 4.78 is 0. The van der Waals surface area contributed by atoms with Crippen LogP contribution in [0, 0.1) is 6.07 Å². The fourth-order valence-corrected chi connectivity index (χ4v) is 1.76. The maximum atomic E-state index is 3.37. The maximum Gasteiger partial charge on any atom is 0.0540 e. The van der Waals surface area contributed by atoms with Crippen molar-refractivity contribution in [2.75, 3.05) is 0 Å². The minimum absolute atomic E-state index is 1.07. The number of rotatable bonds is 1. The molecular weight excluding hydrogens is 182 g/mol. The van der Waals surface area contributed by atoms with E-state index in [1.54, 1.807) is 0 Å². The van der Waals surface area contributed by atoms with E-state index in [9.17, 15) is 0 Å². The van der Waals surface area contributed by atoms with Gasteiger partial charge in [-0.2, -0.15) is 0 Å². The minimum Gasteiger partial charge on any atom is -0.361 e. The first kappa shape index (κ1) is 8.30. The van der Waals surface area contributed by atoms with Crippen LogP contribution in [0.5, 0.6) is 0 Å². The molecule has 1 aromatic heterocycles. The molecule has 3 rings (SSSR count). The molecule has 0 amide bonds. The van der Waals surface area contributed by atoms with E-state index in [2.05, 4.69) is 41.4 Å². The summed E-state index contributed by atoms with van der Waals surface area (Å²) in [6, 6.07) is 19.9. The molecule has 1 radical (unpaired) electrons. The molecule has 0 spiro atoms. The van der Waals surface area contributed by atoms with Gasteiger partial charge in [0.05, 0.1) is 5.52 Å². The number of H-pyrrole nitrogens is 1. The third kappa shape index (κ3) is 1.42. The first-order valence-corrected chi connectivity index (χ1v) is 4.98. The summed E-state index contributed by atoms with van der Waals surface area (Å²) in [6.45, 7) is 0. The lowest BCUT2D eigenvalue weighted by molar-refractivity contribution is 1.47. The van der Waals surface area contributed by atoms with Crippen LogP contribution in [0.2, 0.25) is 0 Å². The van der Waals surface area contributed by atoms with E-state index >= 15 is 0 Å². The van der Waals surface area contributed by atoms with Crippen LogP contribution in [0.25, 0.3) is 22.0 Å². The molecule has 0 aliphatic heterocycles. The second-order valence-electron chi connectivity index (χ2n) is 3.55. The molecule has 1 heterocycles. The van der Waals surface area contributed by atoms with Crippen molar-refractivity contribution in [3.8, 4) is 11.1 Å². The van der Waals surface area contributed by atoms with E-state index in [-0.39, 0.29) is 0 Å². The van der Waals surface area contributed by atoms with Crippen LogP contribution in [0.4, 0.5) is 0 Å². The first-order valence-electron chi connectivity index (χ1n) is 4.98. The van der Waals surface area contributed by atoms with Crippen molar-refractivity contribution in [2.45, 2.75) is 0 Å².